The van der Waals surface area contributed by atoms with Crippen molar-refractivity contribution in [1.29, 1.82) is 0 Å². The van der Waals surface area contributed by atoms with Crippen LogP contribution < -0.4 is 0 Å². The molecule has 2 unspecified atom stereocenters. The van der Waals surface area contributed by atoms with Crippen molar-refractivity contribution in [2.45, 2.75) is 91.4 Å². The molecule has 0 fully saturated rings. The van der Waals surface area contributed by atoms with Crippen LogP contribution >= 0.6 is 0 Å². The molecule has 0 saturated heterocycles. The second kappa shape index (κ2) is 30.8. The zero-order valence-corrected chi connectivity index (χ0v) is 77.4. The Morgan fingerprint density at radius 1 is 0.270 bits per heavy atom. The van der Waals surface area contributed by atoms with Gasteiger partial charge in [-0.1, -0.05) is 341 Å². The van der Waals surface area contributed by atoms with Gasteiger partial charge in [0, 0.05) is 97.7 Å². The number of aromatic nitrogens is 6. The lowest BCUT2D eigenvalue weighted by Gasteiger charge is -2.41. The van der Waals surface area contributed by atoms with Gasteiger partial charge in [0.25, 0.3) is 0 Å². The van der Waals surface area contributed by atoms with Crippen molar-refractivity contribution in [2.24, 2.45) is 11.3 Å². The molecule has 2 atom stereocenters. The highest BCUT2D eigenvalue weighted by atomic mass is 16.3. The molecule has 0 saturated carbocycles. The van der Waals surface area contributed by atoms with E-state index in [4.69, 9.17) is 52.0 Å². The average molecular weight is 1770 g/mol. The molecule has 0 bridgehead atoms. The predicted molar refractivity (Wildman–Crippen MR) is 560 cm³/mol. The summed E-state index contributed by atoms with van der Waals surface area (Å²) in [6.45, 7) is 21.0. The molecule has 656 valence electrons. The summed E-state index contributed by atoms with van der Waals surface area (Å²) < 4.78 is 33.1. The molecule has 3 aliphatic rings. The van der Waals surface area contributed by atoms with Crippen LogP contribution in [0.4, 0.5) is 0 Å². The standard InChI is InChI=1S/C44H34N2O.C43H30N2O2.C39H28N2O2/c1-43(2,3)44(4)34-18-12-11-17-31(34)39-35(44)22-24-37-40(39)32-21-19-30(26-38(32)47-37)42-45-36-23-20-29(27-13-7-5-8-14-27)25-33(36)41(46-42)28-15-9-6-10-16-28;1-3-43(4-2)31-19-8-5-13-25(31)38-32(43)23-24-36-39(38)29-17-11-18-30(41(29)47-36)42-44-33-20-9-6-14-26(33)40(45-42)28-16-12-22-35-37(28)27-15-7-10-21-34(27)46-35;1-22(2)39(3)29-18-10-7-15-24(29)27-21-28-25-16-8-11-19-30(25)42-36(28)32(33(27)39)35-37-34(26-17-9-12-20-31(26)43-37)40-38(41-35)23-13-5-4-6-14-23/h5-26H,1-4H3;5-24H,3-4H2,1-2H3;4-22H,1-3H3. The minimum absolute atomic E-state index is 0.00401. The summed E-state index contributed by atoms with van der Waals surface area (Å²) in [7, 11) is 0. The summed E-state index contributed by atoms with van der Waals surface area (Å²) in [4.78, 5) is 31.3. The third kappa shape index (κ3) is 12.1. The molecule has 11 heteroatoms. The minimum atomic E-state index is -0.287. The Balaban J connectivity index is 0.000000107. The van der Waals surface area contributed by atoms with E-state index in [1.54, 1.807) is 0 Å². The van der Waals surface area contributed by atoms with Crippen molar-refractivity contribution < 1.29 is 22.1 Å². The van der Waals surface area contributed by atoms with Crippen molar-refractivity contribution in [2.75, 3.05) is 0 Å². The van der Waals surface area contributed by atoms with Crippen LogP contribution in [-0.2, 0) is 16.2 Å². The third-order valence-electron chi connectivity index (χ3n) is 30.7. The van der Waals surface area contributed by atoms with Crippen LogP contribution in [0.2, 0.25) is 0 Å². The fraction of sp³-hybridized carbons (Fsp3) is 0.127. The van der Waals surface area contributed by atoms with Crippen LogP contribution in [0, 0.1) is 11.3 Å². The molecule has 11 nitrogen and oxygen atoms in total. The number of benzene rings is 17. The van der Waals surface area contributed by atoms with E-state index in [0.29, 0.717) is 29.0 Å². The van der Waals surface area contributed by atoms with E-state index in [9.17, 15) is 0 Å². The fourth-order valence-electron chi connectivity index (χ4n) is 23.3. The molecule has 137 heavy (non-hydrogen) atoms. The van der Waals surface area contributed by atoms with E-state index in [2.05, 4.69) is 329 Å². The second-order valence-corrected chi connectivity index (χ2v) is 38.7. The maximum Gasteiger partial charge on any atom is 0.180 e. The van der Waals surface area contributed by atoms with E-state index < -0.39 is 0 Å². The minimum Gasteiger partial charge on any atom is -0.456 e. The SMILES string of the molecule is CC(C)(C)C1(C)c2ccccc2-c2c1ccc1oc3cc(-c4nc(-c5ccccc5)c5cc(-c6ccccc6)ccc5n4)ccc3c21.CC(C)C1(C)c2ccccc2-c2cc3c(oc4ccccc43)c(-c3nc(-c4ccccc4)nc4c3oc3ccccc34)c21.CCC1(CC)c2ccccc2-c2c1ccc1oc3c(-c4nc(-c5cccc6oc7ccccc7c56)c5ccccc5n4)cccc3c21. The van der Waals surface area contributed by atoms with Gasteiger partial charge in [0.15, 0.2) is 23.1 Å². The van der Waals surface area contributed by atoms with E-state index in [1.807, 2.05) is 97.1 Å². The van der Waals surface area contributed by atoms with Crippen molar-refractivity contribution in [3.8, 4) is 112 Å². The molecular weight excluding hydrogens is 1680 g/mol. The molecule has 0 N–H and O–H groups in total. The van der Waals surface area contributed by atoms with Crippen LogP contribution in [0.25, 0.3) is 244 Å². The number of hydrogen-bond donors (Lipinski definition) is 0. The van der Waals surface area contributed by atoms with Crippen molar-refractivity contribution >= 4 is 132 Å². The summed E-state index contributed by atoms with van der Waals surface area (Å²) in [5.41, 5.74) is 37.1. The van der Waals surface area contributed by atoms with Crippen molar-refractivity contribution in [3.05, 3.63) is 397 Å². The maximum atomic E-state index is 6.80. The third-order valence-corrected chi connectivity index (χ3v) is 30.7. The molecule has 0 aliphatic heterocycles. The Morgan fingerprint density at radius 2 is 0.766 bits per heavy atom. The van der Waals surface area contributed by atoms with Gasteiger partial charge in [0.2, 0.25) is 0 Å². The van der Waals surface area contributed by atoms with Crippen LogP contribution in [0.3, 0.4) is 0 Å². The van der Waals surface area contributed by atoms with E-state index >= 15 is 0 Å². The Morgan fingerprint density at radius 3 is 1.50 bits per heavy atom. The van der Waals surface area contributed by atoms with Crippen LogP contribution in [-0.4, -0.2) is 29.9 Å². The van der Waals surface area contributed by atoms with Gasteiger partial charge in [-0.25, -0.2) is 29.9 Å². The van der Waals surface area contributed by atoms with E-state index in [0.717, 1.165) is 184 Å². The van der Waals surface area contributed by atoms with E-state index in [1.165, 1.54) is 83.1 Å². The van der Waals surface area contributed by atoms with Crippen molar-refractivity contribution in [3.63, 3.8) is 0 Å². The van der Waals surface area contributed by atoms with E-state index in [-0.39, 0.29) is 21.7 Å². The molecule has 0 spiro atoms. The number of rotatable bonds is 10. The quantitative estimate of drug-likeness (QED) is 0.129. The number of furan rings is 5. The first-order valence-electron chi connectivity index (χ1n) is 47.7. The lowest BCUT2D eigenvalue weighted by atomic mass is 9.62. The normalized spacial score (nSPS) is 15.1. The van der Waals surface area contributed by atoms with Gasteiger partial charge in [-0.2, -0.15) is 0 Å². The number of para-hydroxylation sites is 5. The van der Waals surface area contributed by atoms with Crippen LogP contribution in [0.15, 0.2) is 386 Å². The fourth-order valence-corrected chi connectivity index (χ4v) is 23.3. The summed E-state index contributed by atoms with van der Waals surface area (Å²) in [5, 5.41) is 11.9. The summed E-state index contributed by atoms with van der Waals surface area (Å²) in [5.74, 6) is 2.29. The van der Waals surface area contributed by atoms with Gasteiger partial charge in [0.05, 0.1) is 33.5 Å². The first-order valence-corrected chi connectivity index (χ1v) is 47.7. The van der Waals surface area contributed by atoms with Crippen LogP contribution in [0.1, 0.15) is 109 Å². The molecule has 17 aromatic carbocycles. The molecule has 3 aliphatic carbocycles. The van der Waals surface area contributed by atoms with Gasteiger partial charge in [-0.15, -0.1) is 0 Å². The monoisotopic (exact) mass is 1770 g/mol. The first kappa shape index (κ1) is 81.3. The van der Waals surface area contributed by atoms with Gasteiger partial charge < -0.3 is 22.1 Å². The summed E-state index contributed by atoms with van der Waals surface area (Å²) >= 11 is 0. The Hall–Kier alpha value is -16.5. The highest BCUT2D eigenvalue weighted by molar-refractivity contribution is 6.21. The molecule has 0 radical (unpaired) electrons. The Kier molecular flexibility index (Phi) is 18.3. The lowest BCUT2D eigenvalue weighted by molar-refractivity contribution is 0.255. The zero-order chi connectivity index (χ0) is 92.1. The average Bonchev–Trinajstić information content (AvgIpc) is 1.53. The zero-order valence-electron chi connectivity index (χ0n) is 77.4. The van der Waals surface area contributed by atoms with Gasteiger partial charge in [0.1, 0.15) is 61.5 Å². The van der Waals surface area contributed by atoms with Crippen LogP contribution in [0.5, 0.6) is 0 Å². The molecule has 8 heterocycles. The lowest BCUT2D eigenvalue weighted by Crippen LogP contribution is -2.36. The summed E-state index contributed by atoms with van der Waals surface area (Å²) in [6.07, 6.45) is 2.10. The Bertz CT molecular complexity index is 9330. The number of fused-ring (bicyclic) bond motifs is 28. The largest absolute Gasteiger partial charge is 0.456 e. The topological polar surface area (TPSA) is 143 Å². The predicted octanol–water partition coefficient (Wildman–Crippen LogP) is 34.3. The molecule has 25 aromatic rings. The highest BCUT2D eigenvalue weighted by Gasteiger charge is 2.50. The van der Waals surface area contributed by atoms with Gasteiger partial charge in [-0.05, 0) is 187 Å². The number of hydrogen-bond acceptors (Lipinski definition) is 11. The molecule has 8 aromatic heterocycles. The molecular formula is C126H92N6O5. The van der Waals surface area contributed by atoms with Gasteiger partial charge in [-0.3, -0.25) is 0 Å². The second-order valence-electron chi connectivity index (χ2n) is 38.7. The highest BCUT2D eigenvalue weighted by Crippen LogP contribution is 2.63. The first-order chi connectivity index (χ1) is 67.0. The Labute approximate surface area is 790 Å². The van der Waals surface area contributed by atoms with Crippen molar-refractivity contribution in [1.82, 2.24) is 29.9 Å². The van der Waals surface area contributed by atoms with Gasteiger partial charge >= 0.3 is 0 Å². The summed E-state index contributed by atoms with van der Waals surface area (Å²) in [6, 6.07) is 127. The molecule has 28 rings (SSSR count). The maximum absolute atomic E-state index is 6.80. The smallest absolute Gasteiger partial charge is 0.180 e. The number of nitrogens with zero attached hydrogens (tertiary/aromatic N) is 6. The molecule has 0 amide bonds.